The van der Waals surface area contributed by atoms with Crippen molar-refractivity contribution in [2.24, 2.45) is 5.41 Å². The van der Waals surface area contributed by atoms with Crippen molar-refractivity contribution in [3.8, 4) is 5.75 Å². The third-order valence-electron chi connectivity index (χ3n) is 8.60. The van der Waals surface area contributed by atoms with Gasteiger partial charge in [-0.25, -0.2) is 0 Å². The quantitative estimate of drug-likeness (QED) is 0.110. The molecule has 0 N–H and O–H groups in total. The molecule has 206 valence electrons. The van der Waals surface area contributed by atoms with Crippen molar-refractivity contribution in [3.05, 3.63) is 135 Å². The van der Waals surface area contributed by atoms with Gasteiger partial charge in [-0.2, -0.15) is 0 Å². The molecule has 42 heavy (non-hydrogen) atoms. The maximum Gasteiger partial charge on any atom is 0.308 e. The van der Waals surface area contributed by atoms with Gasteiger partial charge in [-0.3, -0.25) is 19.2 Å². The van der Waals surface area contributed by atoms with Crippen molar-refractivity contribution < 1.29 is 23.9 Å². The molecule has 4 aromatic carbocycles. The molecule has 7 rings (SSSR count). The Morgan fingerprint density at radius 1 is 0.810 bits per heavy atom. The average molecular weight is 618 g/mol. The van der Waals surface area contributed by atoms with Gasteiger partial charge in [-0.15, -0.1) is 0 Å². The van der Waals surface area contributed by atoms with Crippen LogP contribution in [0.3, 0.4) is 0 Å². The number of fused-ring (bicyclic) bond motifs is 5. The highest BCUT2D eigenvalue weighted by Crippen LogP contribution is 2.62. The molecule has 4 aromatic rings. The van der Waals surface area contributed by atoms with E-state index in [1.54, 1.807) is 60.7 Å². The molecule has 1 aliphatic carbocycles. The van der Waals surface area contributed by atoms with Gasteiger partial charge in [0.15, 0.2) is 23.1 Å². The number of carbonyl (C=O) groups is 4. The Balaban J connectivity index is 1.57. The number of hydrogen-bond donors (Lipinski definition) is 0. The second-order valence-electron chi connectivity index (χ2n) is 10.8. The summed E-state index contributed by atoms with van der Waals surface area (Å²) in [5, 5.41) is 0. The number of esters is 1. The SMILES string of the molecule is CC(=O)Oc1cccc2c1N1[C@@H](C=C2)C2(C(=O)c3ccccc3C2=O)[C@H](c2ccc(Br)cc2)[C@@H]1C(=O)c1ccccc1. The van der Waals surface area contributed by atoms with Crippen LogP contribution in [0.15, 0.2) is 108 Å². The highest BCUT2D eigenvalue weighted by Gasteiger charge is 2.71. The number of ether oxygens (including phenoxy) is 1. The Bertz CT molecular complexity index is 1790. The number of halogens is 1. The summed E-state index contributed by atoms with van der Waals surface area (Å²) in [6.07, 6.45) is 3.70. The number of para-hydroxylation sites is 1. The molecule has 6 nitrogen and oxygen atoms in total. The molecule has 0 amide bonds. The van der Waals surface area contributed by atoms with Crippen molar-refractivity contribution in [2.75, 3.05) is 4.90 Å². The van der Waals surface area contributed by atoms with E-state index < -0.39 is 29.4 Å². The fourth-order valence-corrected chi connectivity index (χ4v) is 7.30. The van der Waals surface area contributed by atoms with Gasteiger partial charge < -0.3 is 9.64 Å². The zero-order chi connectivity index (χ0) is 29.2. The van der Waals surface area contributed by atoms with Gasteiger partial charge in [0.25, 0.3) is 0 Å². The Kier molecular flexibility index (Phi) is 6.10. The standard InChI is InChI=1S/C35H24BrNO5/c1-20(38)42-27-13-7-10-22-16-19-28-35(33(40)25-11-5-6-12-26(25)34(35)41)29(21-14-17-24(36)18-15-21)31(37(28)30(22)27)32(39)23-8-3-2-4-9-23/h2-19,28-29,31H,1H3/t28-,29+,31+/m0/s1. The topological polar surface area (TPSA) is 80.8 Å². The summed E-state index contributed by atoms with van der Waals surface area (Å²) in [7, 11) is 0. The van der Waals surface area contributed by atoms with E-state index in [0.29, 0.717) is 27.9 Å². The number of rotatable bonds is 4. The Morgan fingerprint density at radius 2 is 1.45 bits per heavy atom. The van der Waals surface area contributed by atoms with Crippen LogP contribution in [0, 0.1) is 5.41 Å². The number of carbonyl (C=O) groups excluding carboxylic acids is 4. The minimum absolute atomic E-state index is 0.235. The van der Waals surface area contributed by atoms with Crippen LogP contribution in [0.4, 0.5) is 5.69 Å². The van der Waals surface area contributed by atoms with E-state index >= 15 is 0 Å². The van der Waals surface area contributed by atoms with Gasteiger partial charge in [0.05, 0.1) is 11.7 Å². The molecule has 0 radical (unpaired) electrons. The second kappa shape index (κ2) is 9.74. The van der Waals surface area contributed by atoms with Crippen LogP contribution >= 0.6 is 15.9 Å². The molecule has 2 heterocycles. The maximum absolute atomic E-state index is 14.7. The lowest BCUT2D eigenvalue weighted by atomic mass is 9.64. The van der Waals surface area contributed by atoms with E-state index in [1.807, 2.05) is 53.5 Å². The molecule has 0 bridgehead atoms. The fourth-order valence-electron chi connectivity index (χ4n) is 7.04. The van der Waals surface area contributed by atoms with E-state index in [2.05, 4.69) is 15.9 Å². The molecule has 7 heteroatoms. The van der Waals surface area contributed by atoms with Gasteiger partial charge in [0, 0.05) is 39.6 Å². The van der Waals surface area contributed by atoms with Crippen LogP contribution in [0.25, 0.3) is 6.08 Å². The molecule has 3 atom stereocenters. The molecule has 0 saturated carbocycles. The van der Waals surface area contributed by atoms with Crippen molar-refractivity contribution in [2.45, 2.75) is 24.9 Å². The molecule has 2 aliphatic heterocycles. The molecular weight excluding hydrogens is 594 g/mol. The summed E-state index contributed by atoms with van der Waals surface area (Å²) in [6.45, 7) is 1.32. The summed E-state index contributed by atoms with van der Waals surface area (Å²) in [4.78, 5) is 58.2. The van der Waals surface area contributed by atoms with Gasteiger partial charge in [0.2, 0.25) is 0 Å². The smallest absolute Gasteiger partial charge is 0.308 e. The third kappa shape index (κ3) is 3.63. The largest absolute Gasteiger partial charge is 0.424 e. The van der Waals surface area contributed by atoms with Gasteiger partial charge >= 0.3 is 5.97 Å². The molecule has 3 aliphatic rings. The number of anilines is 1. The van der Waals surface area contributed by atoms with Gasteiger partial charge in [-0.05, 0) is 23.8 Å². The monoisotopic (exact) mass is 617 g/mol. The fraction of sp³-hybridized carbons (Fsp3) is 0.143. The summed E-state index contributed by atoms with van der Waals surface area (Å²) in [5.74, 6) is -1.96. The average Bonchev–Trinajstić information content (AvgIpc) is 3.43. The summed E-state index contributed by atoms with van der Waals surface area (Å²) >= 11 is 3.50. The number of benzene rings is 4. The minimum atomic E-state index is -1.63. The van der Waals surface area contributed by atoms with Crippen molar-refractivity contribution in [1.82, 2.24) is 0 Å². The highest BCUT2D eigenvalue weighted by atomic mass is 79.9. The van der Waals surface area contributed by atoms with E-state index in [1.165, 1.54) is 6.92 Å². The first-order valence-electron chi connectivity index (χ1n) is 13.7. The summed E-state index contributed by atoms with van der Waals surface area (Å²) in [6, 6.07) is 26.7. The van der Waals surface area contributed by atoms with Crippen molar-refractivity contribution >= 4 is 51.0 Å². The zero-order valence-corrected chi connectivity index (χ0v) is 24.1. The van der Waals surface area contributed by atoms with E-state index in [-0.39, 0.29) is 23.1 Å². The number of nitrogens with zero attached hydrogens (tertiary/aromatic N) is 1. The Labute approximate surface area is 250 Å². The van der Waals surface area contributed by atoms with Crippen LogP contribution in [-0.2, 0) is 4.79 Å². The third-order valence-corrected chi connectivity index (χ3v) is 9.12. The number of ketones is 3. The van der Waals surface area contributed by atoms with Crippen LogP contribution in [0.1, 0.15) is 55.0 Å². The second-order valence-corrected chi connectivity index (χ2v) is 11.7. The first kappa shape index (κ1) is 26.3. The van der Waals surface area contributed by atoms with E-state index in [4.69, 9.17) is 4.74 Å². The van der Waals surface area contributed by atoms with E-state index in [9.17, 15) is 19.2 Å². The van der Waals surface area contributed by atoms with Gasteiger partial charge in [-0.1, -0.05) is 107 Å². The normalized spacial score (nSPS) is 21.2. The zero-order valence-electron chi connectivity index (χ0n) is 22.5. The predicted molar refractivity (Wildman–Crippen MR) is 162 cm³/mol. The van der Waals surface area contributed by atoms with Crippen molar-refractivity contribution in [3.63, 3.8) is 0 Å². The van der Waals surface area contributed by atoms with Crippen LogP contribution in [-0.4, -0.2) is 35.4 Å². The van der Waals surface area contributed by atoms with Crippen LogP contribution in [0.5, 0.6) is 5.75 Å². The number of Topliss-reactive ketones (excluding diaryl/α,β-unsaturated/α-hetero) is 3. The lowest BCUT2D eigenvalue weighted by Gasteiger charge is -2.37. The summed E-state index contributed by atoms with van der Waals surface area (Å²) in [5.41, 5.74) is 1.44. The van der Waals surface area contributed by atoms with E-state index in [0.717, 1.165) is 10.0 Å². The molecular formula is C35H24BrNO5. The number of hydrogen-bond acceptors (Lipinski definition) is 6. The van der Waals surface area contributed by atoms with Gasteiger partial charge in [0.1, 0.15) is 11.5 Å². The molecule has 0 aromatic heterocycles. The Hall–Kier alpha value is -4.62. The first-order valence-corrected chi connectivity index (χ1v) is 14.4. The predicted octanol–water partition coefficient (Wildman–Crippen LogP) is 6.69. The first-order chi connectivity index (χ1) is 20.3. The Morgan fingerprint density at radius 3 is 2.10 bits per heavy atom. The lowest BCUT2D eigenvalue weighted by Crippen LogP contribution is -2.48. The molecule has 1 saturated heterocycles. The molecule has 0 unspecified atom stereocenters. The summed E-state index contributed by atoms with van der Waals surface area (Å²) < 4.78 is 6.51. The maximum atomic E-state index is 14.7. The lowest BCUT2D eigenvalue weighted by molar-refractivity contribution is -0.131. The molecule has 1 fully saturated rings. The van der Waals surface area contributed by atoms with Crippen LogP contribution in [0.2, 0.25) is 0 Å². The van der Waals surface area contributed by atoms with Crippen LogP contribution < -0.4 is 9.64 Å². The van der Waals surface area contributed by atoms with Crippen molar-refractivity contribution in [1.29, 1.82) is 0 Å². The minimum Gasteiger partial charge on any atom is -0.424 e. The highest BCUT2D eigenvalue weighted by molar-refractivity contribution is 9.10. The molecule has 1 spiro atoms.